The topological polar surface area (TPSA) is 56.1 Å². The van der Waals surface area contributed by atoms with Crippen LogP contribution in [0, 0.1) is 5.82 Å². The minimum absolute atomic E-state index is 0.176. The Hall–Kier alpha value is -2.11. The first-order valence-corrected chi connectivity index (χ1v) is 8.43. The molecule has 0 saturated carbocycles. The van der Waals surface area contributed by atoms with Gasteiger partial charge in [-0.15, -0.1) is 0 Å². The third-order valence-electron chi connectivity index (χ3n) is 4.16. The number of halogens is 1. The van der Waals surface area contributed by atoms with Gasteiger partial charge in [-0.05, 0) is 59.1 Å². The average molecular weight is 333 g/mol. The smallest absolute Gasteiger partial charge is 0.408 e. The van der Waals surface area contributed by atoms with Crippen LogP contribution < -0.4 is 5.32 Å². The summed E-state index contributed by atoms with van der Waals surface area (Å²) in [6.07, 6.45) is 2.16. The van der Waals surface area contributed by atoms with Crippen molar-refractivity contribution in [3.8, 4) is 0 Å². The van der Waals surface area contributed by atoms with E-state index in [1.54, 1.807) is 6.07 Å². The normalized spacial score (nSPS) is 15.9. The number of rotatable bonds is 2. The van der Waals surface area contributed by atoms with Crippen LogP contribution in [-0.2, 0) is 17.7 Å². The van der Waals surface area contributed by atoms with Crippen LogP contribution in [0.5, 0.6) is 0 Å². The highest BCUT2D eigenvalue weighted by Crippen LogP contribution is 2.30. The van der Waals surface area contributed by atoms with Gasteiger partial charge in [0, 0.05) is 12.1 Å². The van der Waals surface area contributed by atoms with Crippen molar-refractivity contribution >= 4 is 17.1 Å². The van der Waals surface area contributed by atoms with Gasteiger partial charge >= 0.3 is 6.09 Å². The maximum Gasteiger partial charge on any atom is 0.408 e. The molecule has 130 valence electrons. The number of nitrogens with one attached hydrogen (secondary N) is 1. The molecular formula is C18H24FN3O2. The predicted octanol–water partition coefficient (Wildman–Crippen LogP) is 4.10. The number of benzene rings is 1. The molecule has 1 unspecified atom stereocenters. The quantitative estimate of drug-likeness (QED) is 0.900. The average Bonchev–Trinajstić information content (AvgIpc) is 2.67. The largest absolute Gasteiger partial charge is 0.444 e. The predicted molar refractivity (Wildman–Crippen MR) is 90.4 cm³/mol. The lowest BCUT2D eigenvalue weighted by atomic mass is 10.1. The molecule has 2 aromatic rings. The Labute approximate surface area is 141 Å². The lowest BCUT2D eigenvalue weighted by molar-refractivity contribution is 0.0505. The summed E-state index contributed by atoms with van der Waals surface area (Å²) in [6.45, 7) is 8.12. The third kappa shape index (κ3) is 3.23. The van der Waals surface area contributed by atoms with Crippen molar-refractivity contribution in [2.24, 2.45) is 0 Å². The molecule has 1 aliphatic rings. The summed E-state index contributed by atoms with van der Waals surface area (Å²) in [4.78, 5) is 16.7. The van der Waals surface area contributed by atoms with E-state index in [-0.39, 0.29) is 11.9 Å². The Bertz CT molecular complexity index is 777. The van der Waals surface area contributed by atoms with E-state index < -0.39 is 11.7 Å². The summed E-state index contributed by atoms with van der Waals surface area (Å²) in [5.41, 5.74) is 1.82. The van der Waals surface area contributed by atoms with Gasteiger partial charge in [-0.3, -0.25) is 0 Å². The molecule has 0 bridgehead atoms. The van der Waals surface area contributed by atoms with E-state index in [4.69, 9.17) is 4.74 Å². The number of imidazole rings is 1. The van der Waals surface area contributed by atoms with Crippen LogP contribution in [0.2, 0.25) is 0 Å². The Morgan fingerprint density at radius 2 is 2.12 bits per heavy atom. The number of aryl methyl sites for hydroxylation is 2. The number of carbonyl (C=O) groups is 1. The zero-order chi connectivity index (χ0) is 17.5. The molecule has 24 heavy (non-hydrogen) atoms. The number of nitrogens with zero attached hydrogens (tertiary/aromatic N) is 2. The molecule has 0 radical (unpaired) electrons. The van der Waals surface area contributed by atoms with Gasteiger partial charge in [-0.2, -0.15) is 0 Å². The third-order valence-corrected chi connectivity index (χ3v) is 4.16. The fraction of sp³-hybridized carbons (Fsp3) is 0.556. The molecule has 1 aliphatic heterocycles. The molecule has 3 rings (SSSR count). The standard InChI is InChI=1S/C18H24FN3O2/c1-11(20-17(23)24-18(2,3)4)16-21-14-9-8-13(19)12-7-5-6-10-22(16)15(12)14/h8-9,11H,5-7,10H2,1-4H3,(H,20,23). The van der Waals surface area contributed by atoms with Crippen LogP contribution in [0.3, 0.4) is 0 Å². The van der Waals surface area contributed by atoms with Crippen LogP contribution >= 0.6 is 0 Å². The number of amides is 1. The summed E-state index contributed by atoms with van der Waals surface area (Å²) >= 11 is 0. The first-order chi connectivity index (χ1) is 11.3. The van der Waals surface area contributed by atoms with E-state index >= 15 is 0 Å². The fourth-order valence-electron chi connectivity index (χ4n) is 3.20. The van der Waals surface area contributed by atoms with Crippen molar-refractivity contribution in [2.75, 3.05) is 0 Å². The molecule has 1 N–H and O–H groups in total. The molecule has 1 amide bonds. The summed E-state index contributed by atoms with van der Waals surface area (Å²) in [5, 5.41) is 2.83. The number of ether oxygens (including phenoxy) is 1. The van der Waals surface area contributed by atoms with Crippen molar-refractivity contribution in [1.29, 1.82) is 0 Å². The van der Waals surface area contributed by atoms with Crippen LogP contribution in [0.15, 0.2) is 12.1 Å². The van der Waals surface area contributed by atoms with E-state index in [0.717, 1.165) is 48.2 Å². The molecule has 0 aliphatic carbocycles. The monoisotopic (exact) mass is 333 g/mol. The molecule has 1 aromatic carbocycles. The summed E-state index contributed by atoms with van der Waals surface area (Å²) in [5.74, 6) is 0.564. The van der Waals surface area contributed by atoms with Crippen LogP contribution in [-0.4, -0.2) is 21.2 Å². The summed E-state index contributed by atoms with van der Waals surface area (Å²) < 4.78 is 21.5. The molecule has 1 atom stereocenters. The Balaban J connectivity index is 1.95. The lowest BCUT2D eigenvalue weighted by Gasteiger charge is -2.22. The van der Waals surface area contributed by atoms with Gasteiger partial charge in [-0.25, -0.2) is 14.2 Å². The van der Waals surface area contributed by atoms with Crippen molar-refractivity contribution in [3.63, 3.8) is 0 Å². The van der Waals surface area contributed by atoms with Gasteiger partial charge in [0.1, 0.15) is 17.2 Å². The molecule has 0 saturated heterocycles. The van der Waals surface area contributed by atoms with Crippen molar-refractivity contribution in [3.05, 3.63) is 29.3 Å². The zero-order valence-electron chi connectivity index (χ0n) is 14.6. The summed E-state index contributed by atoms with van der Waals surface area (Å²) in [6, 6.07) is 2.87. The Kier molecular flexibility index (Phi) is 4.24. The molecule has 1 aromatic heterocycles. The Morgan fingerprint density at radius 3 is 2.83 bits per heavy atom. The van der Waals surface area contributed by atoms with E-state index in [1.165, 1.54) is 6.07 Å². The van der Waals surface area contributed by atoms with E-state index in [2.05, 4.69) is 10.3 Å². The molecule has 0 fully saturated rings. The SMILES string of the molecule is CC(NC(=O)OC(C)(C)C)c1nc2ccc(F)c3c2n1CCCC3. The second kappa shape index (κ2) is 6.07. The van der Waals surface area contributed by atoms with Crippen molar-refractivity contribution in [2.45, 2.75) is 65.1 Å². The fourth-order valence-corrected chi connectivity index (χ4v) is 3.20. The maximum absolute atomic E-state index is 14.2. The second-order valence-corrected chi connectivity index (χ2v) is 7.34. The highest BCUT2D eigenvalue weighted by Gasteiger charge is 2.24. The molecule has 0 spiro atoms. The lowest BCUT2D eigenvalue weighted by Crippen LogP contribution is -2.35. The van der Waals surface area contributed by atoms with Gasteiger partial charge in [0.25, 0.3) is 0 Å². The van der Waals surface area contributed by atoms with Gasteiger partial charge in [-0.1, -0.05) is 0 Å². The second-order valence-electron chi connectivity index (χ2n) is 7.34. The van der Waals surface area contributed by atoms with Crippen molar-refractivity contribution in [1.82, 2.24) is 14.9 Å². The van der Waals surface area contributed by atoms with E-state index in [1.807, 2.05) is 32.3 Å². The van der Waals surface area contributed by atoms with Gasteiger partial charge in [0.2, 0.25) is 0 Å². The van der Waals surface area contributed by atoms with Crippen LogP contribution in [0.4, 0.5) is 9.18 Å². The highest BCUT2D eigenvalue weighted by molar-refractivity contribution is 5.80. The molecular weight excluding hydrogens is 309 g/mol. The van der Waals surface area contributed by atoms with Crippen molar-refractivity contribution < 1.29 is 13.9 Å². The van der Waals surface area contributed by atoms with Gasteiger partial charge in [0.05, 0.1) is 17.1 Å². The number of hydrogen-bond donors (Lipinski definition) is 1. The van der Waals surface area contributed by atoms with Crippen LogP contribution in [0.1, 0.15) is 58.0 Å². The number of aromatic nitrogens is 2. The number of hydrogen-bond acceptors (Lipinski definition) is 3. The van der Waals surface area contributed by atoms with E-state index in [9.17, 15) is 9.18 Å². The first-order valence-electron chi connectivity index (χ1n) is 8.43. The molecule has 6 heteroatoms. The van der Waals surface area contributed by atoms with Gasteiger partial charge < -0.3 is 14.6 Å². The van der Waals surface area contributed by atoms with Crippen LogP contribution in [0.25, 0.3) is 11.0 Å². The first kappa shape index (κ1) is 16.7. The molecule has 2 heterocycles. The zero-order valence-corrected chi connectivity index (χ0v) is 14.6. The maximum atomic E-state index is 14.2. The molecule has 5 nitrogen and oxygen atoms in total. The highest BCUT2D eigenvalue weighted by atomic mass is 19.1. The number of carbonyl (C=O) groups excluding carboxylic acids is 1. The minimum Gasteiger partial charge on any atom is -0.444 e. The number of alkyl carbamates (subject to hydrolysis) is 1. The van der Waals surface area contributed by atoms with Gasteiger partial charge in [0.15, 0.2) is 0 Å². The van der Waals surface area contributed by atoms with E-state index in [0.29, 0.717) is 0 Å². The Morgan fingerprint density at radius 1 is 1.38 bits per heavy atom. The summed E-state index contributed by atoms with van der Waals surface area (Å²) in [7, 11) is 0. The minimum atomic E-state index is -0.552.